The fraction of sp³-hybridized carbons (Fsp3) is 0.0588. The zero-order chi connectivity index (χ0) is 17.4. The lowest BCUT2D eigenvalue weighted by Crippen LogP contribution is -1.99. The van der Waals surface area contributed by atoms with Crippen LogP contribution < -0.4 is 5.43 Å². The number of hydrogen-bond donors (Lipinski definition) is 3. The number of aromatic hydroxyl groups is 1. The van der Waals surface area contributed by atoms with Gasteiger partial charge < -0.3 is 10.1 Å². The fourth-order valence-electron chi connectivity index (χ4n) is 2.52. The van der Waals surface area contributed by atoms with Crippen LogP contribution in [0.1, 0.15) is 11.1 Å². The highest BCUT2D eigenvalue weighted by molar-refractivity contribution is 9.10. The quantitative estimate of drug-likeness (QED) is 0.361. The number of nitrogens with one attached hydrogen (secondary N) is 2. The summed E-state index contributed by atoms with van der Waals surface area (Å²) in [5.74, 6) is 0.399. The number of phenolic OH excluding ortho intramolecular Hbond substituents is 1. The van der Waals surface area contributed by atoms with Crippen LogP contribution in [0, 0.1) is 6.92 Å². The number of hydrazone groups is 1. The van der Waals surface area contributed by atoms with E-state index < -0.39 is 0 Å². The number of benzene rings is 2. The van der Waals surface area contributed by atoms with Gasteiger partial charge >= 0.3 is 0 Å². The number of H-pyrrole nitrogens is 1. The molecule has 0 unspecified atom stereocenters. The van der Waals surface area contributed by atoms with Gasteiger partial charge in [0.25, 0.3) is 5.95 Å². The third kappa shape index (κ3) is 3.03. The molecule has 2 aromatic heterocycles. The fourth-order valence-corrected chi connectivity index (χ4v) is 2.90. The molecule has 0 spiro atoms. The lowest BCUT2D eigenvalue weighted by molar-refractivity contribution is 0.474. The average molecular weight is 397 g/mol. The molecule has 0 fully saturated rings. The van der Waals surface area contributed by atoms with Gasteiger partial charge in [0.2, 0.25) is 0 Å². The first kappa shape index (κ1) is 15.5. The molecule has 2 heterocycles. The molecular weight excluding hydrogens is 384 g/mol. The molecule has 0 saturated carbocycles. The van der Waals surface area contributed by atoms with Gasteiger partial charge in [-0.2, -0.15) is 10.1 Å². The molecule has 3 N–H and O–H groups in total. The summed E-state index contributed by atoms with van der Waals surface area (Å²) in [5, 5.41) is 23.1. The Bertz CT molecular complexity index is 1120. The van der Waals surface area contributed by atoms with Crippen molar-refractivity contribution in [3.63, 3.8) is 0 Å². The molecule has 0 aliphatic rings. The molecule has 4 aromatic rings. The molecule has 0 atom stereocenters. The van der Waals surface area contributed by atoms with E-state index in [1.807, 2.05) is 25.1 Å². The summed E-state index contributed by atoms with van der Waals surface area (Å²) < 4.78 is 0.847. The van der Waals surface area contributed by atoms with Crippen molar-refractivity contribution in [1.29, 1.82) is 0 Å². The van der Waals surface area contributed by atoms with Gasteiger partial charge in [0, 0.05) is 20.9 Å². The number of fused-ring (bicyclic) bond motifs is 3. The van der Waals surface area contributed by atoms with Crippen molar-refractivity contribution in [3.8, 4) is 5.75 Å². The molecule has 0 bridgehead atoms. The van der Waals surface area contributed by atoms with Crippen LogP contribution in [-0.2, 0) is 0 Å². The molecule has 2 aromatic carbocycles. The summed E-state index contributed by atoms with van der Waals surface area (Å²) in [4.78, 5) is 7.61. The minimum absolute atomic E-state index is 0.134. The summed E-state index contributed by atoms with van der Waals surface area (Å²) in [5.41, 5.74) is 6.76. The second-order valence-corrected chi connectivity index (χ2v) is 6.50. The summed E-state index contributed by atoms with van der Waals surface area (Å²) in [7, 11) is 0. The third-order valence-electron chi connectivity index (χ3n) is 3.73. The van der Waals surface area contributed by atoms with Crippen molar-refractivity contribution in [1.82, 2.24) is 20.2 Å². The number of rotatable bonds is 3. The van der Waals surface area contributed by atoms with Crippen LogP contribution in [0.25, 0.3) is 22.1 Å². The van der Waals surface area contributed by atoms with Gasteiger partial charge in [0.15, 0.2) is 5.65 Å². The molecule has 0 aliphatic heterocycles. The van der Waals surface area contributed by atoms with Crippen molar-refractivity contribution in [2.75, 3.05) is 5.43 Å². The monoisotopic (exact) mass is 396 g/mol. The van der Waals surface area contributed by atoms with Gasteiger partial charge in [-0.15, -0.1) is 10.2 Å². The number of nitrogens with zero attached hydrogens (tertiary/aromatic N) is 4. The lowest BCUT2D eigenvalue weighted by Gasteiger charge is -2.00. The first-order chi connectivity index (χ1) is 12.1. The Morgan fingerprint density at radius 2 is 2.08 bits per heavy atom. The van der Waals surface area contributed by atoms with E-state index in [9.17, 15) is 5.11 Å². The van der Waals surface area contributed by atoms with E-state index >= 15 is 0 Å². The Kier molecular flexibility index (Phi) is 3.81. The number of hydrogen-bond acceptors (Lipinski definition) is 6. The van der Waals surface area contributed by atoms with E-state index in [2.05, 4.69) is 46.6 Å². The van der Waals surface area contributed by atoms with Crippen LogP contribution >= 0.6 is 15.9 Å². The maximum Gasteiger partial charge on any atom is 0.265 e. The van der Waals surface area contributed by atoms with Crippen molar-refractivity contribution in [3.05, 3.63) is 52.0 Å². The van der Waals surface area contributed by atoms with Gasteiger partial charge in [0.1, 0.15) is 11.3 Å². The molecule has 25 heavy (non-hydrogen) atoms. The average Bonchev–Trinajstić information content (AvgIpc) is 2.95. The Morgan fingerprint density at radius 3 is 2.96 bits per heavy atom. The van der Waals surface area contributed by atoms with Crippen LogP contribution in [0.4, 0.5) is 5.95 Å². The molecule has 124 valence electrons. The number of aromatic amines is 1. The Hall–Kier alpha value is -3.00. The summed E-state index contributed by atoms with van der Waals surface area (Å²) in [6, 6.07) is 11.2. The molecule has 8 heteroatoms. The standard InChI is InChI=1S/C17H13BrN6O/c1-9-2-4-13-12(6-9)15-16(20-13)21-17(24-22-15)23-19-8-10-7-11(18)3-5-14(10)25/h2-8,25H,1H3,(H2,20,21,23,24)/b19-8+. The highest BCUT2D eigenvalue weighted by atomic mass is 79.9. The molecule has 0 radical (unpaired) electrons. The first-order valence-corrected chi connectivity index (χ1v) is 8.30. The SMILES string of the molecule is Cc1ccc2[nH]c3nc(N/N=C/c4cc(Br)ccc4O)nnc3c2c1. The molecule has 7 nitrogen and oxygen atoms in total. The van der Waals surface area contributed by atoms with Crippen LogP contribution in [0.5, 0.6) is 5.75 Å². The van der Waals surface area contributed by atoms with Crippen molar-refractivity contribution >= 4 is 50.2 Å². The van der Waals surface area contributed by atoms with E-state index in [0.717, 1.165) is 26.5 Å². The van der Waals surface area contributed by atoms with Gasteiger partial charge in [0.05, 0.1) is 6.21 Å². The minimum atomic E-state index is 0.134. The van der Waals surface area contributed by atoms with Gasteiger partial charge in [-0.1, -0.05) is 27.6 Å². The summed E-state index contributed by atoms with van der Waals surface area (Å²) in [6.45, 7) is 2.03. The third-order valence-corrected chi connectivity index (χ3v) is 4.22. The number of anilines is 1. The largest absolute Gasteiger partial charge is 0.507 e. The highest BCUT2D eigenvalue weighted by Gasteiger charge is 2.09. The predicted molar refractivity (Wildman–Crippen MR) is 101 cm³/mol. The number of aryl methyl sites for hydroxylation is 1. The van der Waals surface area contributed by atoms with Gasteiger partial charge in [-0.25, -0.2) is 5.43 Å². The zero-order valence-corrected chi connectivity index (χ0v) is 14.7. The van der Waals surface area contributed by atoms with E-state index in [4.69, 9.17) is 0 Å². The minimum Gasteiger partial charge on any atom is -0.507 e. The van der Waals surface area contributed by atoms with Gasteiger partial charge in [-0.3, -0.25) is 0 Å². The number of phenols is 1. The topological polar surface area (TPSA) is 99.1 Å². The summed E-state index contributed by atoms with van der Waals surface area (Å²) >= 11 is 3.35. The lowest BCUT2D eigenvalue weighted by atomic mass is 10.2. The summed E-state index contributed by atoms with van der Waals surface area (Å²) in [6.07, 6.45) is 1.49. The molecule has 0 aliphatic carbocycles. The van der Waals surface area contributed by atoms with E-state index in [0.29, 0.717) is 11.2 Å². The smallest absolute Gasteiger partial charge is 0.265 e. The van der Waals surface area contributed by atoms with E-state index in [1.165, 1.54) is 6.21 Å². The van der Waals surface area contributed by atoms with Crippen LogP contribution in [0.3, 0.4) is 0 Å². The van der Waals surface area contributed by atoms with Crippen LogP contribution in [-0.4, -0.2) is 31.5 Å². The first-order valence-electron chi connectivity index (χ1n) is 7.50. The van der Waals surface area contributed by atoms with E-state index in [1.54, 1.807) is 18.2 Å². The van der Waals surface area contributed by atoms with E-state index in [-0.39, 0.29) is 11.7 Å². The van der Waals surface area contributed by atoms with Crippen LogP contribution in [0.15, 0.2) is 46.0 Å². The normalized spacial score (nSPS) is 11.6. The highest BCUT2D eigenvalue weighted by Crippen LogP contribution is 2.23. The molecular formula is C17H13BrN6O. The van der Waals surface area contributed by atoms with Gasteiger partial charge in [-0.05, 0) is 37.3 Å². The second kappa shape index (κ2) is 6.14. The molecule has 0 saturated heterocycles. The Labute approximate surface area is 150 Å². The maximum atomic E-state index is 9.79. The van der Waals surface area contributed by atoms with Crippen LogP contribution in [0.2, 0.25) is 0 Å². The van der Waals surface area contributed by atoms with Crippen molar-refractivity contribution in [2.45, 2.75) is 6.92 Å². The number of halogens is 1. The Morgan fingerprint density at radius 1 is 1.20 bits per heavy atom. The van der Waals surface area contributed by atoms with Crippen molar-refractivity contribution < 1.29 is 5.11 Å². The Balaban J connectivity index is 1.62. The van der Waals surface area contributed by atoms with Crippen molar-refractivity contribution in [2.24, 2.45) is 5.10 Å². The molecule has 4 rings (SSSR count). The number of aromatic nitrogens is 4. The zero-order valence-electron chi connectivity index (χ0n) is 13.2. The maximum absolute atomic E-state index is 9.79. The predicted octanol–water partition coefficient (Wildman–Crippen LogP) is 3.73. The molecule has 0 amide bonds. The second-order valence-electron chi connectivity index (χ2n) is 5.58.